The number of carbonyl (C=O) groups is 1. The summed E-state index contributed by atoms with van der Waals surface area (Å²) in [5, 5.41) is 8.57. The number of ether oxygens (including phenoxy) is 1. The van der Waals surface area contributed by atoms with Crippen molar-refractivity contribution in [1.82, 2.24) is 9.36 Å². The number of hydrogen-bond acceptors (Lipinski definition) is 10. The number of nitrogens with one attached hydrogen (secondary N) is 1. The van der Waals surface area contributed by atoms with Crippen LogP contribution in [0.15, 0.2) is 33.9 Å². The van der Waals surface area contributed by atoms with E-state index in [1.54, 1.807) is 23.6 Å². The first-order valence-corrected chi connectivity index (χ1v) is 15.7. The molecular weight excluding hydrogens is 553 g/mol. The summed E-state index contributed by atoms with van der Waals surface area (Å²) in [4.78, 5) is 32.0. The molecule has 0 aromatic carbocycles. The Morgan fingerprint density at radius 1 is 1.15 bits per heavy atom. The zero-order chi connectivity index (χ0) is 26.9. The van der Waals surface area contributed by atoms with Gasteiger partial charge in [0.15, 0.2) is 5.43 Å². The molecule has 2 aliphatic rings. The summed E-state index contributed by atoms with van der Waals surface area (Å²) < 4.78 is 11.9. The van der Waals surface area contributed by atoms with Crippen LogP contribution >= 0.6 is 34.2 Å². The largest absolute Gasteiger partial charge is 0.378 e. The first kappa shape index (κ1) is 26.3. The Morgan fingerprint density at radius 2 is 1.97 bits per heavy atom. The van der Waals surface area contributed by atoms with E-state index < -0.39 is 5.91 Å². The van der Waals surface area contributed by atoms with Crippen LogP contribution in [0, 0.1) is 0 Å². The molecule has 1 saturated carbocycles. The van der Waals surface area contributed by atoms with Crippen LogP contribution in [0.25, 0.3) is 20.7 Å². The minimum atomic E-state index is -0.552. The van der Waals surface area contributed by atoms with E-state index in [1.807, 2.05) is 16.8 Å². The maximum absolute atomic E-state index is 13.0. The molecule has 0 spiro atoms. The predicted molar refractivity (Wildman–Crippen MR) is 158 cm³/mol. The molecule has 6 rings (SSSR count). The van der Waals surface area contributed by atoms with Crippen LogP contribution < -0.4 is 27.1 Å². The Balaban J connectivity index is 1.34. The average Bonchev–Trinajstić information content (AvgIpc) is 3.57. The van der Waals surface area contributed by atoms with Crippen molar-refractivity contribution in [3.63, 3.8) is 0 Å². The van der Waals surface area contributed by atoms with Gasteiger partial charge in [0.1, 0.15) is 11.7 Å². The number of primary amides is 1. The molecule has 1 aliphatic carbocycles. The number of quaternary nitrogens is 1. The van der Waals surface area contributed by atoms with Gasteiger partial charge in [-0.1, -0.05) is 6.42 Å². The molecule has 5 heterocycles. The molecule has 39 heavy (non-hydrogen) atoms. The Kier molecular flexibility index (Phi) is 7.63. The van der Waals surface area contributed by atoms with Crippen LogP contribution in [0.1, 0.15) is 47.3 Å². The van der Waals surface area contributed by atoms with E-state index in [0.29, 0.717) is 25.7 Å². The molecule has 2 atom stereocenters. The number of rotatable bonds is 7. The number of nitrogens with two attached hydrogens (primary N) is 1. The van der Waals surface area contributed by atoms with Gasteiger partial charge in [-0.25, -0.2) is 4.98 Å². The summed E-state index contributed by atoms with van der Waals surface area (Å²) in [6.07, 6.45) is 6.72. The molecule has 1 saturated heterocycles. The molecule has 0 unspecified atom stereocenters. The fourth-order valence-corrected chi connectivity index (χ4v) is 8.44. The van der Waals surface area contributed by atoms with Crippen LogP contribution in [0.2, 0.25) is 0 Å². The van der Waals surface area contributed by atoms with Crippen molar-refractivity contribution in [3.8, 4) is 11.3 Å². The summed E-state index contributed by atoms with van der Waals surface area (Å²) in [6.45, 7) is 2.86. The molecule has 4 aromatic rings. The standard InChI is InChI=1S/C27H30N6O3S3/c28-19-3-1-2-4-20(19)31-17-10-15(24(27(29)35)30-12-17)9-16-13-38-32-23(16)18-14-37-26-21(34)11-22(39-25(18)26)33-5-7-36-8-6-33/h10-14,19-20,31H,1-9,28H2,(H2,29,35)/p+1/t19-,20+/m1/s1. The van der Waals surface area contributed by atoms with Crippen molar-refractivity contribution in [3.05, 3.63) is 56.1 Å². The van der Waals surface area contributed by atoms with Gasteiger partial charge in [0.05, 0.1) is 51.2 Å². The van der Waals surface area contributed by atoms with Gasteiger partial charge in [-0.3, -0.25) is 9.59 Å². The number of fused-ring (bicyclic) bond motifs is 1. The number of morpholine rings is 1. The lowest BCUT2D eigenvalue weighted by molar-refractivity contribution is -0.427. The summed E-state index contributed by atoms with van der Waals surface area (Å²) in [6, 6.07) is 4.35. The molecule has 2 fully saturated rings. The lowest BCUT2D eigenvalue weighted by atomic mass is 9.91. The summed E-state index contributed by atoms with van der Waals surface area (Å²) in [5.74, 6) is -0.552. The van der Waals surface area contributed by atoms with Crippen LogP contribution in [0.3, 0.4) is 0 Å². The molecule has 12 heteroatoms. The van der Waals surface area contributed by atoms with Crippen molar-refractivity contribution in [2.45, 2.75) is 44.2 Å². The van der Waals surface area contributed by atoms with Crippen molar-refractivity contribution in [1.29, 1.82) is 0 Å². The summed E-state index contributed by atoms with van der Waals surface area (Å²) >= 11 is 4.45. The molecule has 0 radical (unpaired) electrons. The molecule has 6 N–H and O–H groups in total. The zero-order valence-electron chi connectivity index (χ0n) is 21.5. The monoisotopic (exact) mass is 583 g/mol. The van der Waals surface area contributed by atoms with Gasteiger partial charge >= 0.3 is 0 Å². The molecule has 9 nitrogen and oxygen atoms in total. The number of pyridine rings is 1. The molecule has 1 aliphatic heterocycles. The molecule has 204 valence electrons. The number of carbonyl (C=O) groups excluding carboxylic acids is 1. The van der Waals surface area contributed by atoms with Gasteiger partial charge in [-0.15, -0.1) is 22.7 Å². The van der Waals surface area contributed by atoms with Crippen LogP contribution in [-0.2, 0) is 11.2 Å². The number of thiophene rings is 1. The minimum Gasteiger partial charge on any atom is -0.378 e. The highest BCUT2D eigenvalue weighted by atomic mass is 32.1. The highest BCUT2D eigenvalue weighted by Gasteiger charge is 2.26. The van der Waals surface area contributed by atoms with Crippen LogP contribution in [-0.4, -0.2) is 53.7 Å². The lowest BCUT2D eigenvalue weighted by Crippen LogP contribution is -2.68. The number of nitrogens with zero attached hydrogens (tertiary/aromatic N) is 3. The van der Waals surface area contributed by atoms with Gasteiger partial charge in [0.25, 0.3) is 5.91 Å². The first-order chi connectivity index (χ1) is 19.0. The van der Waals surface area contributed by atoms with Gasteiger partial charge in [0.2, 0.25) is 0 Å². The van der Waals surface area contributed by atoms with Crippen molar-refractivity contribution >= 4 is 60.2 Å². The highest BCUT2D eigenvalue weighted by molar-refractivity contribution is 7.28. The van der Waals surface area contributed by atoms with Gasteiger partial charge in [-0.2, -0.15) is 4.37 Å². The van der Waals surface area contributed by atoms with E-state index in [9.17, 15) is 9.59 Å². The van der Waals surface area contributed by atoms with Crippen LogP contribution in [0.5, 0.6) is 0 Å². The normalized spacial score (nSPS) is 19.9. The Labute approximate surface area is 238 Å². The number of aromatic nitrogens is 2. The van der Waals surface area contributed by atoms with Gasteiger partial charge in [-0.05, 0) is 41.6 Å². The quantitative estimate of drug-likeness (QED) is 0.303. The summed E-state index contributed by atoms with van der Waals surface area (Å²) in [7, 11) is 0. The third-order valence-corrected chi connectivity index (χ3v) is 10.5. The summed E-state index contributed by atoms with van der Waals surface area (Å²) in [5.41, 5.74) is 14.7. The van der Waals surface area contributed by atoms with Crippen molar-refractivity contribution in [2.75, 3.05) is 36.5 Å². The maximum atomic E-state index is 13.0. The smallest absolute Gasteiger partial charge is 0.267 e. The third kappa shape index (κ3) is 5.44. The third-order valence-electron chi connectivity index (χ3n) is 7.49. The van der Waals surface area contributed by atoms with Gasteiger partial charge < -0.3 is 26.4 Å². The van der Waals surface area contributed by atoms with E-state index in [1.165, 1.54) is 35.7 Å². The fourth-order valence-electron chi connectivity index (χ4n) is 5.40. The fraction of sp³-hybridized carbons (Fsp3) is 0.407. The van der Waals surface area contributed by atoms with E-state index in [-0.39, 0.29) is 17.2 Å². The molecule has 4 aromatic heterocycles. The predicted octanol–water partition coefficient (Wildman–Crippen LogP) is 3.33. The SMILES string of the molecule is NC(=O)c1ncc(N[C@H]2CCCC[C@H]2[NH3+])cc1Cc1csnc1-c1csc2c(=O)cc(N3CCOCC3)sc12. The topological polar surface area (TPSA) is 138 Å². The highest BCUT2D eigenvalue weighted by Crippen LogP contribution is 2.40. The van der Waals surface area contributed by atoms with Crippen LogP contribution in [0.4, 0.5) is 10.7 Å². The second-order valence-corrected chi connectivity index (χ2v) is 12.7. The van der Waals surface area contributed by atoms with E-state index in [0.717, 1.165) is 68.4 Å². The molecule has 1 amide bonds. The maximum Gasteiger partial charge on any atom is 0.267 e. The average molecular weight is 584 g/mol. The first-order valence-electron chi connectivity index (χ1n) is 13.2. The second kappa shape index (κ2) is 11.3. The molecule has 0 bridgehead atoms. The second-order valence-electron chi connectivity index (χ2n) is 10.1. The lowest BCUT2D eigenvalue weighted by Gasteiger charge is -2.28. The van der Waals surface area contributed by atoms with E-state index in [2.05, 4.69) is 20.9 Å². The Hall–Kier alpha value is -2.90. The number of anilines is 2. The molecular formula is C27H31N6O3S3+. The number of amides is 1. The van der Waals surface area contributed by atoms with E-state index in [4.69, 9.17) is 14.8 Å². The Bertz CT molecular complexity index is 1560. The minimum absolute atomic E-state index is 0.0312. The number of hydrogen-bond donors (Lipinski definition) is 3. The van der Waals surface area contributed by atoms with Crippen molar-refractivity contribution < 1.29 is 15.3 Å². The Morgan fingerprint density at radius 3 is 2.77 bits per heavy atom. The van der Waals surface area contributed by atoms with E-state index >= 15 is 0 Å². The zero-order valence-corrected chi connectivity index (χ0v) is 23.9. The van der Waals surface area contributed by atoms with Crippen molar-refractivity contribution in [2.24, 2.45) is 5.73 Å². The van der Waals surface area contributed by atoms with Gasteiger partial charge in [0, 0.05) is 48.3 Å².